The van der Waals surface area contributed by atoms with E-state index in [1.807, 2.05) is 6.92 Å². The number of furan rings is 1. The molecule has 2 amide bonds. The molecule has 0 saturated heterocycles. The highest BCUT2D eigenvalue weighted by atomic mass is 79.9. The molecule has 166 valence electrons. The molecule has 0 spiro atoms. The van der Waals surface area contributed by atoms with Crippen LogP contribution in [0, 0.1) is 0 Å². The van der Waals surface area contributed by atoms with Gasteiger partial charge in [-0.2, -0.15) is 18.3 Å². The molecule has 0 aliphatic heterocycles. The fraction of sp³-hybridized carbons (Fsp3) is 0.158. The smallest absolute Gasteiger partial charge is 0.433 e. The highest BCUT2D eigenvalue weighted by Crippen LogP contribution is 2.43. The number of aromatic nitrogens is 3. The Morgan fingerprint density at radius 1 is 1.38 bits per heavy atom. The molecule has 4 rings (SSSR count). The van der Waals surface area contributed by atoms with Gasteiger partial charge in [0.15, 0.2) is 5.69 Å². The number of primary amides is 1. The number of aryl methyl sites for hydroxylation is 1. The van der Waals surface area contributed by atoms with Crippen molar-refractivity contribution in [1.29, 1.82) is 0 Å². The standard InChI is InChI=1S/C19H13BrF3N5O3S/c1-2-28-7-9(20)13(27-28)17(30)26-14-12-8(10-4-3-5-31-10)6-11(19(21,22)23)25-18(12)32-15(14)16(24)29/h3-7H,2H2,1H3,(H2,24,29)(H,26,30). The van der Waals surface area contributed by atoms with Crippen molar-refractivity contribution < 1.29 is 27.2 Å². The third kappa shape index (κ3) is 3.88. The van der Waals surface area contributed by atoms with Gasteiger partial charge in [0.1, 0.15) is 21.2 Å². The number of hydrogen-bond donors (Lipinski definition) is 2. The van der Waals surface area contributed by atoms with E-state index < -0.39 is 23.7 Å². The monoisotopic (exact) mass is 527 g/mol. The van der Waals surface area contributed by atoms with Crippen molar-refractivity contribution in [2.45, 2.75) is 19.6 Å². The fourth-order valence-electron chi connectivity index (χ4n) is 3.05. The van der Waals surface area contributed by atoms with E-state index in [4.69, 9.17) is 10.2 Å². The number of alkyl halides is 3. The van der Waals surface area contributed by atoms with Crippen LogP contribution in [-0.2, 0) is 12.7 Å². The minimum Gasteiger partial charge on any atom is -0.464 e. The molecule has 4 aromatic heterocycles. The Bertz CT molecular complexity index is 1340. The van der Waals surface area contributed by atoms with Crippen molar-refractivity contribution >= 4 is 55.0 Å². The predicted molar refractivity (Wildman–Crippen MR) is 114 cm³/mol. The van der Waals surface area contributed by atoms with Gasteiger partial charge in [0.25, 0.3) is 11.8 Å². The highest BCUT2D eigenvalue weighted by molar-refractivity contribution is 9.10. The number of nitrogens with one attached hydrogen (secondary N) is 1. The summed E-state index contributed by atoms with van der Waals surface area (Å²) in [4.78, 5) is 28.4. The van der Waals surface area contributed by atoms with Crippen LogP contribution in [0.15, 0.2) is 39.5 Å². The number of thiophene rings is 1. The van der Waals surface area contributed by atoms with Crippen LogP contribution >= 0.6 is 27.3 Å². The summed E-state index contributed by atoms with van der Waals surface area (Å²) in [6, 6.07) is 3.76. The van der Waals surface area contributed by atoms with E-state index in [0.717, 1.165) is 6.07 Å². The van der Waals surface area contributed by atoms with Crippen LogP contribution in [0.4, 0.5) is 18.9 Å². The van der Waals surface area contributed by atoms with E-state index in [1.165, 1.54) is 23.1 Å². The lowest BCUT2D eigenvalue weighted by atomic mass is 10.1. The first-order chi connectivity index (χ1) is 15.1. The molecule has 4 heterocycles. The average molecular weight is 528 g/mol. The van der Waals surface area contributed by atoms with E-state index >= 15 is 0 Å². The number of carbonyl (C=O) groups is 2. The minimum absolute atomic E-state index is 0.00419. The van der Waals surface area contributed by atoms with E-state index in [2.05, 4.69) is 31.3 Å². The van der Waals surface area contributed by atoms with Gasteiger partial charge in [-0.25, -0.2) is 4.98 Å². The van der Waals surface area contributed by atoms with E-state index in [9.17, 15) is 22.8 Å². The Morgan fingerprint density at radius 2 is 2.12 bits per heavy atom. The second-order valence-corrected chi connectivity index (χ2v) is 8.37. The summed E-state index contributed by atoms with van der Waals surface area (Å²) in [5.74, 6) is -1.51. The molecule has 0 fully saturated rings. The van der Waals surface area contributed by atoms with Crippen molar-refractivity contribution in [2.24, 2.45) is 5.73 Å². The first-order valence-corrected chi connectivity index (χ1v) is 10.6. The van der Waals surface area contributed by atoms with Crippen LogP contribution in [0.5, 0.6) is 0 Å². The quantitative estimate of drug-likeness (QED) is 0.382. The molecule has 4 aromatic rings. The average Bonchev–Trinajstić information content (AvgIpc) is 3.45. The Hall–Kier alpha value is -3.19. The Morgan fingerprint density at radius 3 is 2.69 bits per heavy atom. The Labute approximate surface area is 190 Å². The van der Waals surface area contributed by atoms with Crippen LogP contribution in [-0.4, -0.2) is 26.6 Å². The number of fused-ring (bicyclic) bond motifs is 1. The first-order valence-electron chi connectivity index (χ1n) is 9.02. The third-order valence-electron chi connectivity index (χ3n) is 4.46. The van der Waals surface area contributed by atoms with Crippen molar-refractivity contribution in [3.05, 3.63) is 51.4 Å². The number of nitrogens with zero attached hydrogens (tertiary/aromatic N) is 3. The van der Waals surface area contributed by atoms with Gasteiger partial charge in [-0.1, -0.05) is 0 Å². The maximum atomic E-state index is 13.4. The van der Waals surface area contributed by atoms with E-state index in [-0.39, 0.29) is 37.8 Å². The number of carbonyl (C=O) groups excluding carboxylic acids is 2. The number of pyridine rings is 1. The maximum Gasteiger partial charge on any atom is 0.433 e. The molecular weight excluding hydrogens is 515 g/mol. The summed E-state index contributed by atoms with van der Waals surface area (Å²) >= 11 is 3.90. The summed E-state index contributed by atoms with van der Waals surface area (Å²) in [5, 5.41) is 6.82. The van der Waals surface area contributed by atoms with Gasteiger partial charge in [-0.05, 0) is 41.1 Å². The van der Waals surface area contributed by atoms with E-state index in [1.54, 1.807) is 6.20 Å². The molecule has 0 radical (unpaired) electrons. The molecule has 0 aromatic carbocycles. The number of amides is 2. The van der Waals surface area contributed by atoms with Crippen LogP contribution in [0.1, 0.15) is 32.8 Å². The lowest BCUT2D eigenvalue weighted by Crippen LogP contribution is -2.18. The molecule has 0 aliphatic carbocycles. The molecule has 3 N–H and O–H groups in total. The second kappa shape index (κ2) is 8.06. The number of anilines is 1. The van der Waals surface area contributed by atoms with Crippen molar-refractivity contribution in [2.75, 3.05) is 5.32 Å². The SMILES string of the molecule is CCn1cc(Br)c(C(=O)Nc2c(C(N)=O)sc3nc(C(F)(F)F)cc(-c4ccco4)c23)n1. The molecular formula is C19H13BrF3N5O3S. The number of nitrogens with two attached hydrogens (primary N) is 1. The largest absolute Gasteiger partial charge is 0.464 e. The normalized spacial score (nSPS) is 11.8. The lowest BCUT2D eigenvalue weighted by Gasteiger charge is -2.10. The lowest BCUT2D eigenvalue weighted by molar-refractivity contribution is -0.140. The maximum absolute atomic E-state index is 13.4. The number of halogens is 4. The van der Waals surface area contributed by atoms with Gasteiger partial charge in [0.2, 0.25) is 0 Å². The van der Waals surface area contributed by atoms with Crippen LogP contribution < -0.4 is 11.1 Å². The van der Waals surface area contributed by atoms with Crippen molar-refractivity contribution in [1.82, 2.24) is 14.8 Å². The molecule has 0 atom stereocenters. The number of hydrogen-bond acceptors (Lipinski definition) is 6. The van der Waals surface area contributed by atoms with Crippen molar-refractivity contribution in [3.8, 4) is 11.3 Å². The number of rotatable bonds is 5. The second-order valence-electron chi connectivity index (χ2n) is 6.52. The van der Waals surface area contributed by atoms with Gasteiger partial charge in [-0.15, -0.1) is 11.3 Å². The van der Waals surface area contributed by atoms with Gasteiger partial charge in [-0.3, -0.25) is 14.3 Å². The molecule has 8 nitrogen and oxygen atoms in total. The molecule has 0 bridgehead atoms. The van der Waals surface area contributed by atoms with Gasteiger partial charge in [0, 0.05) is 23.7 Å². The summed E-state index contributed by atoms with van der Waals surface area (Å²) in [6.07, 6.45) is -1.85. The summed E-state index contributed by atoms with van der Waals surface area (Å²) in [7, 11) is 0. The molecule has 0 saturated carbocycles. The van der Waals surface area contributed by atoms with Gasteiger partial charge >= 0.3 is 6.18 Å². The zero-order chi connectivity index (χ0) is 23.2. The van der Waals surface area contributed by atoms with Crippen LogP contribution in [0.25, 0.3) is 21.5 Å². The fourth-order valence-corrected chi connectivity index (χ4v) is 4.55. The Kier molecular flexibility index (Phi) is 5.54. The van der Waals surface area contributed by atoms with Gasteiger partial charge < -0.3 is 15.5 Å². The zero-order valence-corrected chi connectivity index (χ0v) is 18.6. The molecule has 13 heteroatoms. The Balaban J connectivity index is 1.95. The summed E-state index contributed by atoms with van der Waals surface area (Å²) in [5.41, 5.74) is 4.26. The van der Waals surface area contributed by atoms with Crippen LogP contribution in [0.3, 0.4) is 0 Å². The minimum atomic E-state index is -4.74. The topological polar surface area (TPSA) is 116 Å². The molecule has 0 unspecified atom stereocenters. The van der Waals surface area contributed by atoms with Crippen LogP contribution in [0.2, 0.25) is 0 Å². The zero-order valence-electron chi connectivity index (χ0n) is 16.2. The molecule has 0 aliphatic rings. The summed E-state index contributed by atoms with van der Waals surface area (Å²) in [6.45, 7) is 2.34. The van der Waals surface area contributed by atoms with Crippen molar-refractivity contribution in [3.63, 3.8) is 0 Å². The summed E-state index contributed by atoms with van der Waals surface area (Å²) < 4.78 is 47.6. The van der Waals surface area contributed by atoms with Gasteiger partial charge in [0.05, 0.1) is 16.4 Å². The predicted octanol–water partition coefficient (Wildman–Crippen LogP) is 4.91. The molecule has 32 heavy (non-hydrogen) atoms. The third-order valence-corrected chi connectivity index (χ3v) is 6.14. The highest BCUT2D eigenvalue weighted by Gasteiger charge is 2.35. The first kappa shape index (κ1) is 22.0. The van der Waals surface area contributed by atoms with E-state index in [0.29, 0.717) is 22.4 Å².